The van der Waals surface area contributed by atoms with Crippen molar-refractivity contribution in [2.24, 2.45) is 33.8 Å². The molecule has 0 bridgehead atoms. The van der Waals surface area contributed by atoms with Crippen LogP contribution in [0.15, 0.2) is 125 Å². The number of sulfonamides is 1. The maximum Gasteiger partial charge on any atom is 0.264 e. The summed E-state index contributed by atoms with van der Waals surface area (Å²) in [4.78, 5) is 162. The van der Waals surface area contributed by atoms with Gasteiger partial charge in [0.05, 0.1) is 17.9 Å². The Morgan fingerprint density at radius 1 is 0.657 bits per heavy atom. The molecule has 2 heterocycles. The molecule has 0 radical (unpaired) electrons. The quantitative estimate of drug-likeness (QED) is 0.0153. The predicted octanol–water partition coefficient (Wildman–Crippen LogP) is 2.74. The molecule has 31 heteroatoms. The number of rotatable bonds is 39. The Kier molecular flexibility index (Phi) is 30.6. The molecular formula is C71H95N15O13S3. The van der Waals surface area contributed by atoms with Gasteiger partial charge in [0.15, 0.2) is 0 Å². The van der Waals surface area contributed by atoms with Crippen molar-refractivity contribution in [1.82, 2.24) is 51.8 Å². The third-order valence-corrected chi connectivity index (χ3v) is 22.1. The molecule has 8 atom stereocenters. The number of aliphatic imine (C=N–C) groups is 1. The van der Waals surface area contributed by atoms with E-state index in [1.807, 2.05) is 84.9 Å². The first-order valence-electron chi connectivity index (χ1n) is 34.2. The number of nitrogens with two attached hydrogens (primary N) is 4. The van der Waals surface area contributed by atoms with Crippen LogP contribution < -0.4 is 64.9 Å². The summed E-state index contributed by atoms with van der Waals surface area (Å²) in [5, 5.41) is 19.6. The fourth-order valence-corrected chi connectivity index (χ4v) is 15.6. The monoisotopic (exact) mass is 1460 g/mol. The molecule has 2 aliphatic rings. The summed E-state index contributed by atoms with van der Waals surface area (Å²) in [6.07, 6.45) is 5.45. The molecule has 1 aliphatic carbocycles. The lowest BCUT2D eigenvalue weighted by atomic mass is 9.85. The number of thioether (sulfide) groups is 2. The van der Waals surface area contributed by atoms with Crippen LogP contribution in [0.4, 0.5) is 0 Å². The standard InChI is InChI=1S/C71H95N15O13S3/c1-4-45(3)62(84-66(94)54(36-48-39-77-51-23-13-12-22-50(48)51)79-61(90)38-71(32-14-7-15-33-71)101-42-47-20-10-6-11-21-47)68(96)81-53(30-31-58(72)87)64(92)82-55(37-59(73)88)65(93)83-56(43-100-41-46-18-8-5-9-19-46)69(97)86-35-17-25-57(86)67(95)80-52(63(91)78-40-60(74)89)24-16-34-76-70(75)85-102(98,99)49-28-26-44(2)27-29-49/h5-6,8-13,18-23,26-29,39,45,52-57,62,77H,4,7,14-17,24-25,30-38,40-43H2,1-3H3,(H2,72,87)(H2,73,88)(H2,74,89)(H,78,91)(H,79,90)(H,80,95)(H,81,96)(H,82,92)(H,83,93)(H,84,94)(H3,75,76,85)/t45-,52-,53-,54+,55-,56+,57-,62-/m0/s1. The van der Waals surface area contributed by atoms with Gasteiger partial charge >= 0.3 is 0 Å². The average molecular weight is 1460 g/mol. The minimum absolute atomic E-state index is 0.00723. The molecule has 550 valence electrons. The van der Waals surface area contributed by atoms with E-state index >= 15 is 0 Å². The van der Waals surface area contributed by atoms with Crippen molar-refractivity contribution in [2.45, 2.75) is 181 Å². The lowest BCUT2D eigenvalue weighted by Gasteiger charge is -2.37. The van der Waals surface area contributed by atoms with E-state index in [-0.39, 0.29) is 61.7 Å². The lowest BCUT2D eigenvalue weighted by molar-refractivity contribution is -0.142. The van der Waals surface area contributed by atoms with Crippen molar-refractivity contribution >= 4 is 115 Å². The Labute approximate surface area is 602 Å². The molecule has 5 aromatic rings. The number of benzene rings is 4. The first-order valence-corrected chi connectivity index (χ1v) is 37.8. The molecule has 102 heavy (non-hydrogen) atoms. The van der Waals surface area contributed by atoms with Crippen LogP contribution in [0.25, 0.3) is 10.9 Å². The van der Waals surface area contributed by atoms with Gasteiger partial charge in [-0.1, -0.05) is 136 Å². The number of primary amides is 3. The van der Waals surface area contributed by atoms with Crippen LogP contribution >= 0.6 is 23.5 Å². The summed E-state index contributed by atoms with van der Waals surface area (Å²) < 4.78 is 27.6. The second-order valence-electron chi connectivity index (χ2n) is 25.9. The minimum atomic E-state index is -4.09. The molecule has 11 amide bonds. The van der Waals surface area contributed by atoms with Gasteiger partial charge in [0.2, 0.25) is 70.9 Å². The topological polar surface area (TPSA) is 454 Å². The van der Waals surface area contributed by atoms with Gasteiger partial charge in [0, 0.05) is 71.5 Å². The van der Waals surface area contributed by atoms with E-state index in [9.17, 15) is 61.2 Å². The number of nitrogens with zero attached hydrogens (tertiary/aromatic N) is 2. The molecule has 2 fully saturated rings. The average Bonchev–Trinajstić information content (AvgIpc) is 1.55. The van der Waals surface area contributed by atoms with Crippen LogP contribution in [0, 0.1) is 12.8 Å². The summed E-state index contributed by atoms with van der Waals surface area (Å²) >= 11 is 2.98. The van der Waals surface area contributed by atoms with Crippen molar-refractivity contribution < 1.29 is 61.2 Å². The van der Waals surface area contributed by atoms with E-state index in [4.69, 9.17) is 22.9 Å². The predicted molar refractivity (Wildman–Crippen MR) is 390 cm³/mol. The van der Waals surface area contributed by atoms with Crippen molar-refractivity contribution in [3.05, 3.63) is 138 Å². The highest BCUT2D eigenvalue weighted by Crippen LogP contribution is 2.44. The van der Waals surface area contributed by atoms with Crippen LogP contribution in [-0.2, 0) is 80.7 Å². The second kappa shape index (κ2) is 39.1. The molecule has 17 N–H and O–H groups in total. The number of aryl methyl sites for hydroxylation is 1. The normalized spacial score (nSPS) is 16.5. The lowest BCUT2D eigenvalue weighted by Crippen LogP contribution is -2.61. The summed E-state index contributed by atoms with van der Waals surface area (Å²) in [7, 11) is -4.09. The van der Waals surface area contributed by atoms with Gasteiger partial charge in [0.25, 0.3) is 10.0 Å². The summed E-state index contributed by atoms with van der Waals surface area (Å²) in [6, 6.07) is 22.7. The largest absolute Gasteiger partial charge is 0.370 e. The van der Waals surface area contributed by atoms with Gasteiger partial charge in [-0.25, -0.2) is 13.1 Å². The highest BCUT2D eigenvalue weighted by atomic mass is 32.2. The Balaban J connectivity index is 1.07. The molecule has 0 unspecified atom stereocenters. The number of aromatic nitrogens is 1. The molecule has 0 spiro atoms. The maximum atomic E-state index is 15.0. The fourth-order valence-electron chi connectivity index (χ4n) is 12.2. The Morgan fingerprint density at radius 2 is 1.27 bits per heavy atom. The van der Waals surface area contributed by atoms with E-state index in [1.165, 1.54) is 28.8 Å². The van der Waals surface area contributed by atoms with E-state index < -0.39 is 154 Å². The minimum Gasteiger partial charge on any atom is -0.370 e. The third-order valence-electron chi connectivity index (χ3n) is 18.0. The Morgan fingerprint density at radius 3 is 1.93 bits per heavy atom. The van der Waals surface area contributed by atoms with E-state index in [0.717, 1.165) is 65.3 Å². The molecule has 1 saturated heterocycles. The molecule has 1 aromatic heterocycles. The fraction of sp³-hybridized carbons (Fsp3) is 0.465. The summed E-state index contributed by atoms with van der Waals surface area (Å²) in [5.74, 6) is -9.31. The molecule has 1 saturated carbocycles. The summed E-state index contributed by atoms with van der Waals surface area (Å²) in [6.45, 7) is 4.59. The smallest absolute Gasteiger partial charge is 0.264 e. The number of H-pyrrole nitrogens is 1. The highest BCUT2D eigenvalue weighted by molar-refractivity contribution is 8.00. The first-order chi connectivity index (χ1) is 48.7. The van der Waals surface area contributed by atoms with E-state index in [1.54, 1.807) is 50.9 Å². The number of para-hydroxylation sites is 1. The number of amides is 11. The number of hydrogen-bond acceptors (Lipinski definition) is 16. The van der Waals surface area contributed by atoms with Gasteiger partial charge in [-0.05, 0) is 92.7 Å². The first kappa shape index (κ1) is 79.8. The third kappa shape index (κ3) is 24.7. The van der Waals surface area contributed by atoms with E-state index in [2.05, 4.69) is 51.9 Å². The van der Waals surface area contributed by atoms with Gasteiger partial charge in [-0.15, -0.1) is 11.8 Å². The SMILES string of the molecule is CC[C@H](C)[C@H](NC(=O)[C@@H](Cc1c[nH]c2ccccc12)NC(=O)CC1(SCc2ccccc2)CCCCC1)C(=O)N[C@@H](CCC(N)=O)C(=O)N[C@@H](CC(N)=O)C(=O)N[C@H](CSCc1ccccc1)C(=O)N1CCC[C@H]1C(=O)N[C@@H](CCCN=C(N)NS(=O)(=O)c1ccc(C)cc1)C(=O)NCC(N)=O. The molecule has 1 aliphatic heterocycles. The van der Waals surface area contributed by atoms with Crippen LogP contribution in [0.3, 0.4) is 0 Å². The number of hydrogen-bond donors (Lipinski definition) is 13. The second-order valence-corrected chi connectivity index (χ2v) is 30.0. The zero-order valence-corrected chi connectivity index (χ0v) is 60.1. The molecular weight excluding hydrogens is 1370 g/mol. The number of likely N-dealkylation sites (tertiary alicyclic amines) is 1. The zero-order chi connectivity index (χ0) is 73.9. The Bertz CT molecular complexity index is 3880. The van der Waals surface area contributed by atoms with Crippen LogP contribution in [0.1, 0.15) is 126 Å². The number of nitrogens with one attached hydrogen (secondary N) is 9. The van der Waals surface area contributed by atoms with Crippen molar-refractivity contribution in [2.75, 3.05) is 25.4 Å². The van der Waals surface area contributed by atoms with Gasteiger partial charge in [-0.3, -0.25) is 57.7 Å². The van der Waals surface area contributed by atoms with Crippen LogP contribution in [0.5, 0.6) is 0 Å². The van der Waals surface area contributed by atoms with Gasteiger partial charge in [-0.2, -0.15) is 11.8 Å². The van der Waals surface area contributed by atoms with Crippen molar-refractivity contribution in [3.63, 3.8) is 0 Å². The summed E-state index contributed by atoms with van der Waals surface area (Å²) in [5.41, 5.74) is 26.9. The van der Waals surface area contributed by atoms with Gasteiger partial charge < -0.3 is 70.0 Å². The zero-order valence-electron chi connectivity index (χ0n) is 57.7. The van der Waals surface area contributed by atoms with Crippen LogP contribution in [0.2, 0.25) is 0 Å². The van der Waals surface area contributed by atoms with E-state index in [0.29, 0.717) is 24.3 Å². The highest BCUT2D eigenvalue weighted by Gasteiger charge is 2.42. The maximum absolute atomic E-state index is 15.0. The number of guanidine groups is 1. The number of aromatic amines is 1. The number of carbonyl (C=O) groups is 11. The molecule has 7 rings (SSSR count). The van der Waals surface area contributed by atoms with Gasteiger partial charge in [0.1, 0.15) is 42.3 Å². The van der Waals surface area contributed by atoms with Crippen molar-refractivity contribution in [1.29, 1.82) is 0 Å². The molecule has 4 aromatic carbocycles. The number of fused-ring (bicyclic) bond motifs is 1. The van der Waals surface area contributed by atoms with Crippen LogP contribution in [-0.4, -0.2) is 162 Å². The van der Waals surface area contributed by atoms with Crippen molar-refractivity contribution in [3.8, 4) is 0 Å². The Hall–Kier alpha value is -9.49. The molecule has 28 nitrogen and oxygen atoms in total. The number of carbonyl (C=O) groups excluding carboxylic acids is 11.